The van der Waals surface area contributed by atoms with Gasteiger partial charge in [-0.2, -0.15) is 0 Å². The number of halogens is 1. The highest BCUT2D eigenvalue weighted by Gasteiger charge is 2.16. The maximum absolute atomic E-state index is 4.43. The zero-order valence-electron chi connectivity index (χ0n) is 11.7. The molecule has 3 nitrogen and oxygen atoms in total. The maximum Gasteiger partial charge on any atom is 0.110 e. The van der Waals surface area contributed by atoms with Gasteiger partial charge in [0.1, 0.15) is 5.82 Å². The number of nitrogens with one attached hydrogen (secondary N) is 1. The Labute approximate surface area is 123 Å². The molecule has 102 valence electrons. The molecule has 0 radical (unpaired) electrons. The van der Waals surface area contributed by atoms with Crippen LogP contribution in [-0.2, 0) is 13.5 Å². The fourth-order valence-electron chi connectivity index (χ4n) is 2.30. The van der Waals surface area contributed by atoms with Crippen molar-refractivity contribution in [2.24, 2.45) is 7.05 Å². The first-order chi connectivity index (χ1) is 9.11. The van der Waals surface area contributed by atoms with Crippen LogP contribution in [0.1, 0.15) is 29.9 Å². The van der Waals surface area contributed by atoms with Crippen LogP contribution in [-0.4, -0.2) is 16.1 Å². The van der Waals surface area contributed by atoms with E-state index in [0.717, 1.165) is 23.3 Å². The van der Waals surface area contributed by atoms with Crippen LogP contribution in [0.5, 0.6) is 0 Å². The van der Waals surface area contributed by atoms with Gasteiger partial charge in [0.05, 0.1) is 0 Å². The Bertz CT molecular complexity index is 548. The average Bonchev–Trinajstić information content (AvgIpc) is 2.78. The molecule has 0 amide bonds. The summed E-state index contributed by atoms with van der Waals surface area (Å²) in [5.41, 5.74) is 2.64. The second kappa shape index (κ2) is 6.35. The van der Waals surface area contributed by atoms with Crippen molar-refractivity contribution in [3.05, 3.63) is 52.0 Å². The number of benzene rings is 1. The molecule has 2 rings (SSSR count). The van der Waals surface area contributed by atoms with Crippen molar-refractivity contribution < 1.29 is 0 Å². The lowest BCUT2D eigenvalue weighted by Crippen LogP contribution is -2.24. The molecule has 19 heavy (non-hydrogen) atoms. The third-order valence-electron chi connectivity index (χ3n) is 3.37. The van der Waals surface area contributed by atoms with Crippen molar-refractivity contribution in [2.45, 2.75) is 26.3 Å². The van der Waals surface area contributed by atoms with Crippen LogP contribution in [0.3, 0.4) is 0 Å². The van der Waals surface area contributed by atoms with Crippen LogP contribution in [0.4, 0.5) is 0 Å². The summed E-state index contributed by atoms with van der Waals surface area (Å²) in [5.74, 6) is 1.10. The number of likely N-dealkylation sites (N-methyl/N-ethyl adjacent to an activating group) is 1. The SMILES string of the molecule is CCNC(Cc1nccn1C)c1cc(Br)ccc1C. The van der Waals surface area contributed by atoms with Crippen LogP contribution in [0.2, 0.25) is 0 Å². The maximum atomic E-state index is 4.43. The van der Waals surface area contributed by atoms with Gasteiger partial charge in [-0.15, -0.1) is 0 Å². The quantitative estimate of drug-likeness (QED) is 0.914. The van der Waals surface area contributed by atoms with Gasteiger partial charge in [0.2, 0.25) is 0 Å². The van der Waals surface area contributed by atoms with Crippen LogP contribution in [0, 0.1) is 6.92 Å². The minimum absolute atomic E-state index is 0.295. The van der Waals surface area contributed by atoms with Gasteiger partial charge in [-0.25, -0.2) is 4.98 Å². The first-order valence-corrected chi connectivity index (χ1v) is 7.36. The van der Waals surface area contributed by atoms with Crippen LogP contribution in [0.25, 0.3) is 0 Å². The molecule has 4 heteroatoms. The van der Waals surface area contributed by atoms with Gasteiger partial charge in [-0.1, -0.05) is 28.9 Å². The van der Waals surface area contributed by atoms with Crippen LogP contribution >= 0.6 is 15.9 Å². The lowest BCUT2D eigenvalue weighted by molar-refractivity contribution is 0.526. The van der Waals surface area contributed by atoms with Crippen molar-refractivity contribution in [1.29, 1.82) is 0 Å². The average molecular weight is 322 g/mol. The molecule has 1 aromatic heterocycles. The standard InChI is InChI=1S/C15H20BrN3/c1-4-17-14(10-15-18-7-8-19(15)3)13-9-12(16)6-5-11(13)2/h5-9,14,17H,4,10H2,1-3H3. The topological polar surface area (TPSA) is 29.9 Å². The number of aryl methyl sites for hydroxylation is 2. The number of hydrogen-bond acceptors (Lipinski definition) is 2. The summed E-state index contributed by atoms with van der Waals surface area (Å²) < 4.78 is 3.20. The van der Waals surface area contributed by atoms with E-state index in [4.69, 9.17) is 0 Å². The highest BCUT2D eigenvalue weighted by molar-refractivity contribution is 9.10. The van der Waals surface area contributed by atoms with E-state index < -0.39 is 0 Å². The first-order valence-electron chi connectivity index (χ1n) is 6.57. The highest BCUT2D eigenvalue weighted by atomic mass is 79.9. The van der Waals surface area contributed by atoms with Crippen molar-refractivity contribution in [3.63, 3.8) is 0 Å². The number of nitrogens with zero attached hydrogens (tertiary/aromatic N) is 2. The monoisotopic (exact) mass is 321 g/mol. The second-order valence-corrected chi connectivity index (χ2v) is 5.69. The zero-order chi connectivity index (χ0) is 13.8. The molecule has 1 atom stereocenters. The Kier molecular flexibility index (Phi) is 4.77. The molecule has 0 bridgehead atoms. The number of hydrogen-bond donors (Lipinski definition) is 1. The molecule has 0 aliphatic rings. The van der Waals surface area contributed by atoms with Gasteiger partial charge in [0, 0.05) is 36.4 Å². The molecular weight excluding hydrogens is 302 g/mol. The highest BCUT2D eigenvalue weighted by Crippen LogP contribution is 2.24. The lowest BCUT2D eigenvalue weighted by atomic mass is 9.98. The molecule has 0 saturated carbocycles. The molecule has 0 fully saturated rings. The van der Waals surface area contributed by atoms with Crippen molar-refractivity contribution in [1.82, 2.24) is 14.9 Å². The third kappa shape index (κ3) is 3.45. The zero-order valence-corrected chi connectivity index (χ0v) is 13.2. The number of aromatic nitrogens is 2. The van der Waals surface area contributed by atoms with E-state index in [1.54, 1.807) is 0 Å². The Morgan fingerprint density at radius 3 is 2.84 bits per heavy atom. The van der Waals surface area contributed by atoms with E-state index in [2.05, 4.69) is 62.8 Å². The predicted octanol–water partition coefficient (Wildman–Crippen LogP) is 3.38. The lowest BCUT2D eigenvalue weighted by Gasteiger charge is -2.20. The Hall–Kier alpha value is -1.13. The van der Waals surface area contributed by atoms with E-state index in [1.165, 1.54) is 11.1 Å². The predicted molar refractivity (Wildman–Crippen MR) is 82.2 cm³/mol. The Morgan fingerprint density at radius 1 is 1.42 bits per heavy atom. The molecule has 1 unspecified atom stereocenters. The van der Waals surface area contributed by atoms with Gasteiger partial charge in [-0.3, -0.25) is 0 Å². The molecule has 0 saturated heterocycles. The number of imidazole rings is 1. The van der Waals surface area contributed by atoms with Crippen molar-refractivity contribution in [3.8, 4) is 0 Å². The summed E-state index contributed by atoms with van der Waals surface area (Å²) in [5, 5.41) is 3.56. The number of rotatable bonds is 5. The Morgan fingerprint density at radius 2 is 2.21 bits per heavy atom. The van der Waals surface area contributed by atoms with E-state index in [9.17, 15) is 0 Å². The van der Waals surface area contributed by atoms with E-state index in [-0.39, 0.29) is 0 Å². The fourth-order valence-corrected chi connectivity index (χ4v) is 2.68. The van der Waals surface area contributed by atoms with Gasteiger partial charge in [-0.05, 0) is 36.7 Å². The first kappa shape index (κ1) is 14.3. The molecular formula is C15H20BrN3. The fraction of sp³-hybridized carbons (Fsp3) is 0.400. The summed E-state index contributed by atoms with van der Waals surface area (Å²) in [6, 6.07) is 6.74. The molecule has 2 aromatic rings. The van der Waals surface area contributed by atoms with Gasteiger partial charge in [0.25, 0.3) is 0 Å². The summed E-state index contributed by atoms with van der Waals surface area (Å²) in [6.45, 7) is 5.24. The summed E-state index contributed by atoms with van der Waals surface area (Å²) in [7, 11) is 2.04. The van der Waals surface area contributed by atoms with E-state index in [1.807, 2.05) is 19.4 Å². The summed E-state index contributed by atoms with van der Waals surface area (Å²) >= 11 is 3.56. The summed E-state index contributed by atoms with van der Waals surface area (Å²) in [6.07, 6.45) is 4.74. The second-order valence-electron chi connectivity index (χ2n) is 4.77. The summed E-state index contributed by atoms with van der Waals surface area (Å²) in [4.78, 5) is 4.43. The Balaban J connectivity index is 2.29. The van der Waals surface area contributed by atoms with Gasteiger partial charge < -0.3 is 9.88 Å². The van der Waals surface area contributed by atoms with Gasteiger partial charge in [0.15, 0.2) is 0 Å². The minimum atomic E-state index is 0.295. The minimum Gasteiger partial charge on any atom is -0.338 e. The molecule has 0 aliphatic heterocycles. The van der Waals surface area contributed by atoms with Crippen molar-refractivity contribution in [2.75, 3.05) is 6.54 Å². The van der Waals surface area contributed by atoms with E-state index >= 15 is 0 Å². The van der Waals surface area contributed by atoms with Crippen LogP contribution in [0.15, 0.2) is 35.1 Å². The molecule has 0 aliphatic carbocycles. The smallest absolute Gasteiger partial charge is 0.110 e. The van der Waals surface area contributed by atoms with E-state index in [0.29, 0.717) is 6.04 Å². The normalized spacial score (nSPS) is 12.6. The molecule has 1 N–H and O–H groups in total. The largest absolute Gasteiger partial charge is 0.338 e. The molecule has 1 aromatic carbocycles. The van der Waals surface area contributed by atoms with Crippen molar-refractivity contribution >= 4 is 15.9 Å². The van der Waals surface area contributed by atoms with Crippen LogP contribution < -0.4 is 5.32 Å². The molecule has 1 heterocycles. The van der Waals surface area contributed by atoms with Gasteiger partial charge >= 0.3 is 0 Å². The molecule has 0 spiro atoms. The third-order valence-corrected chi connectivity index (χ3v) is 3.87.